The highest BCUT2D eigenvalue weighted by Gasteiger charge is 2.08. The smallest absolute Gasteiger partial charge is 0.279 e. The van der Waals surface area contributed by atoms with E-state index in [-0.39, 0.29) is 5.91 Å². The summed E-state index contributed by atoms with van der Waals surface area (Å²) in [4.78, 5) is 15.5. The average molecular weight is 253 g/mol. The number of carbonyl (C=O) groups excluding carboxylic acids is 1. The number of hydrogen-bond acceptors (Lipinski definition) is 4. The highest BCUT2D eigenvalue weighted by atomic mass is 32.2. The Morgan fingerprint density at radius 2 is 2.12 bits per heavy atom. The molecule has 7 heteroatoms. The lowest BCUT2D eigenvalue weighted by Gasteiger charge is -1.99. The van der Waals surface area contributed by atoms with Crippen LogP contribution < -0.4 is 4.74 Å². The standard InChI is InChI=1S/C9H7N3O2S2/c1-14-7-4-2-6(3-5-7)8(13)10-9-11-16-12-15-9/h2-5H,1H3. The Bertz CT molecular complexity index is 504. The summed E-state index contributed by atoms with van der Waals surface area (Å²) in [5, 5.41) is 0.380. The van der Waals surface area contributed by atoms with Crippen LogP contribution in [0.2, 0.25) is 0 Å². The lowest BCUT2D eigenvalue weighted by molar-refractivity contribution is 0.100. The molecule has 0 spiro atoms. The normalized spacial score (nSPS) is 16.2. The van der Waals surface area contributed by atoms with Gasteiger partial charge in [-0.15, -0.1) is 8.13 Å². The van der Waals surface area contributed by atoms with Gasteiger partial charge in [0, 0.05) is 5.56 Å². The molecule has 0 unspecified atom stereocenters. The summed E-state index contributed by atoms with van der Waals surface area (Å²) in [7, 11) is 1.57. The molecule has 0 N–H and O–H groups in total. The van der Waals surface area contributed by atoms with E-state index in [9.17, 15) is 4.79 Å². The van der Waals surface area contributed by atoms with Crippen LogP contribution in [0.1, 0.15) is 10.4 Å². The van der Waals surface area contributed by atoms with Gasteiger partial charge in [-0.05, 0) is 24.3 Å². The fraction of sp³-hybridized carbons (Fsp3) is 0.111. The number of nitrogens with zero attached hydrogens (tertiary/aromatic N) is 3. The SMILES string of the molecule is COc1ccc(C(=O)N=C2N=S=NS2)cc1. The minimum absolute atomic E-state index is 0.327. The second kappa shape index (κ2) is 5.04. The van der Waals surface area contributed by atoms with Gasteiger partial charge >= 0.3 is 0 Å². The molecule has 1 aromatic rings. The number of ether oxygens (including phenoxy) is 1. The van der Waals surface area contributed by atoms with E-state index in [1.54, 1.807) is 31.4 Å². The van der Waals surface area contributed by atoms with E-state index in [0.29, 0.717) is 16.5 Å². The third kappa shape index (κ3) is 2.56. The lowest BCUT2D eigenvalue weighted by Crippen LogP contribution is -1.97. The Morgan fingerprint density at radius 1 is 1.38 bits per heavy atom. The first kappa shape index (κ1) is 11.0. The van der Waals surface area contributed by atoms with Crippen LogP contribution in [-0.2, 0) is 11.4 Å². The quantitative estimate of drug-likeness (QED) is 0.760. The molecule has 0 radical (unpaired) electrons. The van der Waals surface area contributed by atoms with Crippen LogP contribution in [0.4, 0.5) is 0 Å². The van der Waals surface area contributed by atoms with Crippen LogP contribution in [0.15, 0.2) is 37.4 Å². The van der Waals surface area contributed by atoms with Crippen LogP contribution in [0, 0.1) is 0 Å². The van der Waals surface area contributed by atoms with Gasteiger partial charge in [0.05, 0.1) is 30.4 Å². The van der Waals surface area contributed by atoms with Crippen molar-refractivity contribution in [2.75, 3.05) is 7.11 Å². The van der Waals surface area contributed by atoms with E-state index in [1.807, 2.05) is 0 Å². The zero-order chi connectivity index (χ0) is 11.4. The number of rotatable bonds is 2. The van der Waals surface area contributed by atoms with Crippen molar-refractivity contribution in [2.24, 2.45) is 13.1 Å². The maximum Gasteiger partial charge on any atom is 0.279 e. The van der Waals surface area contributed by atoms with Crippen molar-refractivity contribution in [2.45, 2.75) is 0 Å². The number of amidine groups is 1. The molecule has 0 saturated carbocycles. The van der Waals surface area contributed by atoms with Gasteiger partial charge in [0.15, 0.2) is 0 Å². The molecule has 0 fully saturated rings. The summed E-state index contributed by atoms with van der Waals surface area (Å²) < 4.78 is 12.6. The van der Waals surface area contributed by atoms with Crippen molar-refractivity contribution in [3.05, 3.63) is 29.8 Å². The van der Waals surface area contributed by atoms with Gasteiger partial charge in [-0.3, -0.25) is 4.79 Å². The second-order valence-electron chi connectivity index (χ2n) is 2.77. The Balaban J connectivity index is 2.15. The third-order valence-corrected chi connectivity index (χ3v) is 3.09. The first-order valence-electron chi connectivity index (χ1n) is 4.31. The Hall–Kier alpha value is -1.47. The Morgan fingerprint density at radius 3 is 2.69 bits per heavy atom. The van der Waals surface area contributed by atoms with Crippen molar-refractivity contribution in [3.8, 4) is 5.75 Å². The maximum absolute atomic E-state index is 11.6. The fourth-order valence-corrected chi connectivity index (χ4v) is 2.05. The van der Waals surface area contributed by atoms with Crippen LogP contribution in [-0.4, -0.2) is 18.2 Å². The van der Waals surface area contributed by atoms with Gasteiger partial charge in [-0.25, -0.2) is 0 Å². The molecule has 1 aliphatic heterocycles. The average Bonchev–Trinajstić information content (AvgIpc) is 2.82. The molecule has 1 heterocycles. The monoisotopic (exact) mass is 253 g/mol. The van der Waals surface area contributed by atoms with E-state index >= 15 is 0 Å². The highest BCUT2D eigenvalue weighted by molar-refractivity contribution is 8.16. The maximum atomic E-state index is 11.6. The van der Waals surface area contributed by atoms with Crippen LogP contribution in [0.25, 0.3) is 0 Å². The second-order valence-corrected chi connectivity index (χ2v) is 4.26. The van der Waals surface area contributed by atoms with Gasteiger partial charge in [0.25, 0.3) is 5.91 Å². The number of hydrogen-bond donors (Lipinski definition) is 0. The van der Waals surface area contributed by atoms with E-state index in [2.05, 4.69) is 13.1 Å². The molecule has 16 heavy (non-hydrogen) atoms. The predicted octanol–water partition coefficient (Wildman–Crippen LogP) is 2.30. The van der Waals surface area contributed by atoms with Gasteiger partial charge in [0.1, 0.15) is 5.75 Å². The van der Waals surface area contributed by atoms with Crippen LogP contribution in [0.3, 0.4) is 0 Å². The highest BCUT2D eigenvalue weighted by Crippen LogP contribution is 2.15. The molecular weight excluding hydrogens is 246 g/mol. The minimum atomic E-state index is -0.327. The molecule has 5 nitrogen and oxygen atoms in total. The molecule has 0 saturated heterocycles. The lowest BCUT2D eigenvalue weighted by atomic mass is 10.2. The van der Waals surface area contributed by atoms with Crippen molar-refractivity contribution < 1.29 is 9.53 Å². The molecule has 0 aliphatic carbocycles. The van der Waals surface area contributed by atoms with Crippen LogP contribution in [0.5, 0.6) is 5.75 Å². The number of aliphatic imine (C=N–C) groups is 1. The summed E-state index contributed by atoms with van der Waals surface area (Å²) in [5.74, 6) is 0.376. The summed E-state index contributed by atoms with van der Waals surface area (Å²) in [6.45, 7) is 0. The summed E-state index contributed by atoms with van der Waals surface area (Å²) >= 11 is 2.13. The molecule has 0 bridgehead atoms. The zero-order valence-electron chi connectivity index (χ0n) is 8.28. The molecule has 82 valence electrons. The number of carbonyl (C=O) groups is 1. The largest absolute Gasteiger partial charge is 0.497 e. The topological polar surface area (TPSA) is 63.4 Å². The van der Waals surface area contributed by atoms with Crippen molar-refractivity contribution >= 4 is 34.4 Å². The number of benzene rings is 1. The molecular formula is C9H7N3O2S2. The third-order valence-electron chi connectivity index (χ3n) is 1.81. The number of amides is 1. The van der Waals surface area contributed by atoms with Gasteiger partial charge in [-0.2, -0.15) is 4.99 Å². The minimum Gasteiger partial charge on any atom is -0.497 e. The molecule has 1 aromatic carbocycles. The summed E-state index contributed by atoms with van der Waals surface area (Å²) in [5.41, 5.74) is 0.501. The van der Waals surface area contributed by atoms with Gasteiger partial charge in [0.2, 0.25) is 5.17 Å². The Labute approximate surface area is 99.9 Å². The van der Waals surface area contributed by atoms with Crippen molar-refractivity contribution in [1.82, 2.24) is 0 Å². The molecule has 2 rings (SSSR count). The number of methoxy groups -OCH3 is 1. The fourth-order valence-electron chi connectivity index (χ4n) is 1.04. The van der Waals surface area contributed by atoms with E-state index in [1.165, 1.54) is 0 Å². The zero-order valence-corrected chi connectivity index (χ0v) is 9.92. The van der Waals surface area contributed by atoms with Crippen LogP contribution >= 0.6 is 11.9 Å². The first-order valence-corrected chi connectivity index (χ1v) is 5.81. The van der Waals surface area contributed by atoms with Crippen molar-refractivity contribution in [3.63, 3.8) is 0 Å². The van der Waals surface area contributed by atoms with E-state index in [4.69, 9.17) is 4.74 Å². The molecule has 1 amide bonds. The molecule has 0 aromatic heterocycles. The van der Waals surface area contributed by atoms with Gasteiger partial charge in [-0.1, -0.05) is 0 Å². The van der Waals surface area contributed by atoms with E-state index in [0.717, 1.165) is 23.3 Å². The van der Waals surface area contributed by atoms with E-state index < -0.39 is 0 Å². The van der Waals surface area contributed by atoms with Gasteiger partial charge < -0.3 is 4.74 Å². The summed E-state index contributed by atoms with van der Waals surface area (Å²) in [6, 6.07) is 6.75. The molecule has 0 atom stereocenters. The summed E-state index contributed by atoms with van der Waals surface area (Å²) in [6.07, 6.45) is 0. The van der Waals surface area contributed by atoms with Crippen molar-refractivity contribution in [1.29, 1.82) is 0 Å². The first-order chi connectivity index (χ1) is 7.79. The Kier molecular flexibility index (Phi) is 3.47. The predicted molar refractivity (Wildman–Crippen MR) is 64.6 cm³/mol. The molecule has 1 aliphatic rings.